The molecule has 2 rings (SSSR count). The number of fused-ring (bicyclic) bond motifs is 1. The van der Waals surface area contributed by atoms with Crippen LogP contribution in [0.15, 0.2) is 18.2 Å². The van der Waals surface area contributed by atoms with Crippen LogP contribution in [0.3, 0.4) is 0 Å². The maximum Gasteiger partial charge on any atom is 0.319 e. The highest BCUT2D eigenvalue weighted by atomic mass is 35.5. The van der Waals surface area contributed by atoms with Crippen LogP contribution < -0.4 is 5.32 Å². The standard InChI is InChI=1S/C12H12ClF4N/c13-9-2-1-7-4-10(5-8(7)3-9)18-6-12(16,17)11(14)15/h1-3,10-11,18H,4-6H2. The van der Waals surface area contributed by atoms with Gasteiger partial charge in [0.15, 0.2) is 0 Å². The van der Waals surface area contributed by atoms with Crippen LogP contribution in [0.2, 0.25) is 5.02 Å². The molecule has 0 radical (unpaired) electrons. The van der Waals surface area contributed by atoms with E-state index in [9.17, 15) is 17.6 Å². The van der Waals surface area contributed by atoms with Gasteiger partial charge in [-0.15, -0.1) is 0 Å². The van der Waals surface area contributed by atoms with Gasteiger partial charge in [0, 0.05) is 11.1 Å². The van der Waals surface area contributed by atoms with E-state index in [0.29, 0.717) is 17.9 Å². The molecule has 0 amide bonds. The van der Waals surface area contributed by atoms with E-state index in [2.05, 4.69) is 5.32 Å². The number of nitrogens with one attached hydrogen (secondary N) is 1. The van der Waals surface area contributed by atoms with Gasteiger partial charge in [-0.25, -0.2) is 8.78 Å². The molecule has 0 fully saturated rings. The van der Waals surface area contributed by atoms with Crippen molar-refractivity contribution in [2.75, 3.05) is 6.54 Å². The highest BCUT2D eigenvalue weighted by Crippen LogP contribution is 2.27. The molecular formula is C12H12ClF4N. The van der Waals surface area contributed by atoms with Crippen LogP contribution in [0, 0.1) is 0 Å². The summed E-state index contributed by atoms with van der Waals surface area (Å²) in [4.78, 5) is 0. The molecule has 0 bridgehead atoms. The molecule has 1 aliphatic carbocycles. The van der Waals surface area contributed by atoms with Crippen molar-refractivity contribution in [2.45, 2.75) is 31.2 Å². The number of hydrogen-bond acceptors (Lipinski definition) is 1. The first kappa shape index (κ1) is 13.6. The minimum atomic E-state index is -3.98. The Morgan fingerprint density at radius 3 is 2.61 bits per heavy atom. The molecule has 1 aromatic carbocycles. The average Bonchev–Trinajstić information content (AvgIpc) is 2.68. The van der Waals surface area contributed by atoms with Gasteiger partial charge in [-0.3, -0.25) is 0 Å². The zero-order valence-corrected chi connectivity index (χ0v) is 10.2. The van der Waals surface area contributed by atoms with Gasteiger partial charge in [-0.1, -0.05) is 17.7 Å². The lowest BCUT2D eigenvalue weighted by molar-refractivity contribution is -0.126. The second kappa shape index (κ2) is 5.05. The second-order valence-corrected chi connectivity index (χ2v) is 4.90. The van der Waals surface area contributed by atoms with E-state index in [1.807, 2.05) is 6.07 Å². The molecule has 1 aliphatic rings. The Kier molecular flexibility index (Phi) is 3.82. The summed E-state index contributed by atoms with van der Waals surface area (Å²) in [5.41, 5.74) is 2.01. The number of benzene rings is 1. The van der Waals surface area contributed by atoms with Crippen molar-refractivity contribution in [2.24, 2.45) is 0 Å². The molecule has 1 aromatic rings. The predicted molar refractivity (Wildman–Crippen MR) is 61.6 cm³/mol. The highest BCUT2D eigenvalue weighted by Gasteiger charge is 2.41. The molecule has 1 atom stereocenters. The zero-order chi connectivity index (χ0) is 13.3. The summed E-state index contributed by atoms with van der Waals surface area (Å²) >= 11 is 5.82. The Bertz CT molecular complexity index is 436. The SMILES string of the molecule is FC(F)C(F)(F)CNC1Cc2ccc(Cl)cc2C1. The van der Waals surface area contributed by atoms with Crippen molar-refractivity contribution in [1.29, 1.82) is 0 Å². The van der Waals surface area contributed by atoms with Gasteiger partial charge >= 0.3 is 12.3 Å². The molecule has 100 valence electrons. The van der Waals surface area contributed by atoms with Crippen molar-refractivity contribution in [1.82, 2.24) is 5.32 Å². The van der Waals surface area contributed by atoms with Crippen molar-refractivity contribution in [3.05, 3.63) is 34.3 Å². The molecule has 0 spiro atoms. The number of hydrogen-bond donors (Lipinski definition) is 1. The van der Waals surface area contributed by atoms with Crippen LogP contribution in [0.5, 0.6) is 0 Å². The maximum absolute atomic E-state index is 12.8. The van der Waals surface area contributed by atoms with Gasteiger partial charge in [0.05, 0.1) is 6.54 Å². The zero-order valence-electron chi connectivity index (χ0n) is 9.40. The van der Waals surface area contributed by atoms with Gasteiger partial charge in [0.1, 0.15) is 0 Å². The van der Waals surface area contributed by atoms with E-state index in [0.717, 1.165) is 11.1 Å². The molecule has 1 unspecified atom stereocenters. The predicted octanol–water partition coefficient (Wildman–Crippen LogP) is 3.30. The van der Waals surface area contributed by atoms with Crippen molar-refractivity contribution < 1.29 is 17.6 Å². The van der Waals surface area contributed by atoms with Crippen LogP contribution in [0.4, 0.5) is 17.6 Å². The molecule has 1 nitrogen and oxygen atoms in total. The lowest BCUT2D eigenvalue weighted by atomic mass is 10.1. The average molecular weight is 282 g/mol. The molecule has 0 saturated carbocycles. The van der Waals surface area contributed by atoms with E-state index in [-0.39, 0.29) is 6.04 Å². The smallest absolute Gasteiger partial charge is 0.308 e. The molecule has 18 heavy (non-hydrogen) atoms. The molecule has 0 saturated heterocycles. The van der Waals surface area contributed by atoms with Crippen molar-refractivity contribution >= 4 is 11.6 Å². The van der Waals surface area contributed by atoms with Gasteiger partial charge in [0.25, 0.3) is 0 Å². The first-order valence-corrected chi connectivity index (χ1v) is 5.93. The fraction of sp³-hybridized carbons (Fsp3) is 0.500. The number of alkyl halides is 4. The summed E-state index contributed by atoms with van der Waals surface area (Å²) < 4.78 is 49.5. The third kappa shape index (κ3) is 2.95. The van der Waals surface area contributed by atoms with Crippen LogP contribution in [-0.4, -0.2) is 24.9 Å². The molecule has 6 heteroatoms. The monoisotopic (exact) mass is 281 g/mol. The van der Waals surface area contributed by atoms with Gasteiger partial charge < -0.3 is 5.32 Å². The van der Waals surface area contributed by atoms with Gasteiger partial charge in [-0.2, -0.15) is 8.78 Å². The third-order valence-corrected chi connectivity index (χ3v) is 3.28. The Hall–Kier alpha value is -0.810. The minimum Gasteiger partial charge on any atom is -0.308 e. The summed E-state index contributed by atoms with van der Waals surface area (Å²) in [6.07, 6.45) is -2.54. The fourth-order valence-corrected chi connectivity index (χ4v) is 2.28. The van der Waals surface area contributed by atoms with E-state index in [1.165, 1.54) is 0 Å². The lowest BCUT2D eigenvalue weighted by Gasteiger charge is -2.19. The third-order valence-electron chi connectivity index (χ3n) is 3.05. The van der Waals surface area contributed by atoms with Gasteiger partial charge in [-0.05, 0) is 36.1 Å². The first-order valence-electron chi connectivity index (χ1n) is 5.55. The normalized spacial score (nSPS) is 19.3. The van der Waals surface area contributed by atoms with E-state index >= 15 is 0 Å². The summed E-state index contributed by atoms with van der Waals surface area (Å²) in [6.45, 7) is -1.00. The van der Waals surface area contributed by atoms with E-state index in [4.69, 9.17) is 11.6 Å². The maximum atomic E-state index is 12.8. The van der Waals surface area contributed by atoms with Crippen LogP contribution >= 0.6 is 11.6 Å². The second-order valence-electron chi connectivity index (χ2n) is 4.46. The highest BCUT2D eigenvalue weighted by molar-refractivity contribution is 6.30. The first-order chi connectivity index (χ1) is 8.38. The van der Waals surface area contributed by atoms with Crippen LogP contribution in [0.1, 0.15) is 11.1 Å². The summed E-state index contributed by atoms with van der Waals surface area (Å²) in [7, 11) is 0. The Morgan fingerprint density at radius 1 is 1.28 bits per heavy atom. The summed E-state index contributed by atoms with van der Waals surface area (Å²) in [5, 5.41) is 3.09. The quantitative estimate of drug-likeness (QED) is 0.835. The van der Waals surface area contributed by atoms with E-state index in [1.54, 1.807) is 12.1 Å². The molecular weight excluding hydrogens is 270 g/mol. The number of rotatable bonds is 4. The Balaban J connectivity index is 1.92. The minimum absolute atomic E-state index is 0.233. The molecule has 0 aromatic heterocycles. The molecule has 0 aliphatic heterocycles. The van der Waals surface area contributed by atoms with E-state index < -0.39 is 18.9 Å². The van der Waals surface area contributed by atoms with Crippen LogP contribution in [-0.2, 0) is 12.8 Å². The Labute approximate surface area is 107 Å². The topological polar surface area (TPSA) is 12.0 Å². The fourth-order valence-electron chi connectivity index (χ4n) is 2.09. The molecule has 1 N–H and O–H groups in total. The van der Waals surface area contributed by atoms with Crippen LogP contribution in [0.25, 0.3) is 0 Å². The lowest BCUT2D eigenvalue weighted by Crippen LogP contribution is -2.43. The Morgan fingerprint density at radius 2 is 1.94 bits per heavy atom. The van der Waals surface area contributed by atoms with Crippen molar-refractivity contribution in [3.63, 3.8) is 0 Å². The summed E-state index contributed by atoms with van der Waals surface area (Å²) in [5.74, 6) is -3.98. The number of halogens is 5. The van der Waals surface area contributed by atoms with Crippen molar-refractivity contribution in [3.8, 4) is 0 Å². The largest absolute Gasteiger partial charge is 0.319 e. The van der Waals surface area contributed by atoms with Gasteiger partial charge in [0.2, 0.25) is 0 Å². The molecule has 0 heterocycles. The summed E-state index contributed by atoms with van der Waals surface area (Å²) in [6, 6.07) is 5.12.